The van der Waals surface area contributed by atoms with E-state index >= 15 is 0 Å². The number of hydrogen-bond acceptors (Lipinski definition) is 3. The Kier molecular flexibility index (Phi) is 3.71. The number of nitrogens with zero attached hydrogens (tertiary/aromatic N) is 2. The molecule has 0 radical (unpaired) electrons. The number of hydrogen-bond donors (Lipinski definition) is 0. The van der Waals surface area contributed by atoms with E-state index in [9.17, 15) is 9.59 Å². The van der Waals surface area contributed by atoms with Gasteiger partial charge in [0.05, 0.1) is 6.54 Å². The molecule has 0 aromatic carbocycles. The zero-order chi connectivity index (χ0) is 11.4. The summed E-state index contributed by atoms with van der Waals surface area (Å²) in [6.45, 7) is 7.16. The average molecular weight is 212 g/mol. The van der Waals surface area contributed by atoms with Crippen LogP contribution in [0.15, 0.2) is 12.2 Å². The van der Waals surface area contributed by atoms with Crippen molar-refractivity contribution in [1.82, 2.24) is 9.80 Å². The van der Waals surface area contributed by atoms with Gasteiger partial charge in [-0.05, 0) is 6.92 Å². The minimum Gasteiger partial charge on any atom is -0.460 e. The molecule has 0 spiro atoms. The molecule has 0 unspecified atom stereocenters. The number of rotatable bonds is 4. The number of carbonyl (C=O) groups excluding carboxylic acids is 2. The van der Waals surface area contributed by atoms with Gasteiger partial charge in [0.2, 0.25) is 0 Å². The molecule has 1 saturated heterocycles. The van der Waals surface area contributed by atoms with E-state index in [1.807, 2.05) is 0 Å². The smallest absolute Gasteiger partial charge is 0.333 e. The quantitative estimate of drug-likeness (QED) is 0.503. The van der Waals surface area contributed by atoms with Crippen molar-refractivity contribution in [2.45, 2.75) is 6.92 Å². The molecule has 0 atom stereocenters. The van der Waals surface area contributed by atoms with Crippen LogP contribution in [0.25, 0.3) is 0 Å². The van der Waals surface area contributed by atoms with Gasteiger partial charge in [-0.2, -0.15) is 0 Å². The number of ether oxygens (including phenoxy) is 1. The summed E-state index contributed by atoms with van der Waals surface area (Å²) in [6.07, 6.45) is 0. The van der Waals surface area contributed by atoms with Crippen LogP contribution in [-0.4, -0.2) is 55.1 Å². The van der Waals surface area contributed by atoms with Crippen LogP contribution < -0.4 is 0 Å². The summed E-state index contributed by atoms with van der Waals surface area (Å²) in [6, 6.07) is -0.0126. The lowest BCUT2D eigenvalue weighted by atomic mass is 10.4. The molecule has 0 N–H and O–H groups in total. The van der Waals surface area contributed by atoms with E-state index in [0.29, 0.717) is 18.7 Å². The first-order valence-corrected chi connectivity index (χ1v) is 4.85. The molecule has 0 aromatic rings. The summed E-state index contributed by atoms with van der Waals surface area (Å²) in [5.41, 5.74) is 0.375. The Balaban J connectivity index is 2.24. The van der Waals surface area contributed by atoms with Crippen molar-refractivity contribution in [3.05, 3.63) is 12.2 Å². The fourth-order valence-electron chi connectivity index (χ4n) is 1.28. The highest BCUT2D eigenvalue weighted by Crippen LogP contribution is 2.05. The monoisotopic (exact) mass is 212 g/mol. The molecule has 1 aliphatic heterocycles. The van der Waals surface area contributed by atoms with Gasteiger partial charge in [0.25, 0.3) is 0 Å². The van der Waals surface area contributed by atoms with Crippen LogP contribution in [0.5, 0.6) is 0 Å². The van der Waals surface area contributed by atoms with Crippen molar-refractivity contribution in [2.75, 3.05) is 33.3 Å². The Morgan fingerprint density at radius 2 is 2.20 bits per heavy atom. The fourth-order valence-corrected chi connectivity index (χ4v) is 1.28. The highest BCUT2D eigenvalue weighted by Gasteiger charge is 2.24. The highest BCUT2D eigenvalue weighted by atomic mass is 16.5. The van der Waals surface area contributed by atoms with Crippen molar-refractivity contribution >= 4 is 12.0 Å². The lowest BCUT2D eigenvalue weighted by molar-refractivity contribution is -0.139. The van der Waals surface area contributed by atoms with Crippen LogP contribution in [0.2, 0.25) is 0 Å². The van der Waals surface area contributed by atoms with Gasteiger partial charge in [-0.3, -0.25) is 0 Å². The Morgan fingerprint density at radius 1 is 1.53 bits per heavy atom. The Morgan fingerprint density at radius 3 is 2.67 bits per heavy atom. The summed E-state index contributed by atoms with van der Waals surface area (Å²) in [4.78, 5) is 25.7. The minimum atomic E-state index is -0.407. The molecule has 1 rings (SSSR count). The summed E-state index contributed by atoms with van der Waals surface area (Å²) in [7, 11) is 1.75. The molecule has 5 heteroatoms. The van der Waals surface area contributed by atoms with Crippen LogP contribution >= 0.6 is 0 Å². The summed E-state index contributed by atoms with van der Waals surface area (Å²) in [5.74, 6) is -0.407. The number of carbonyl (C=O) groups is 2. The minimum absolute atomic E-state index is 0.0126. The Bertz CT molecular complexity index is 288. The predicted octanol–water partition coefficient (Wildman–Crippen LogP) is 0.473. The van der Waals surface area contributed by atoms with Crippen molar-refractivity contribution in [3.63, 3.8) is 0 Å². The van der Waals surface area contributed by atoms with Gasteiger partial charge < -0.3 is 14.5 Å². The molecule has 2 amide bonds. The third-order valence-corrected chi connectivity index (χ3v) is 2.25. The molecule has 0 saturated carbocycles. The molecule has 1 aliphatic rings. The normalized spacial score (nSPS) is 15.7. The van der Waals surface area contributed by atoms with E-state index in [1.165, 1.54) is 0 Å². The van der Waals surface area contributed by atoms with Gasteiger partial charge in [-0.25, -0.2) is 9.59 Å². The van der Waals surface area contributed by atoms with Crippen LogP contribution in [0.3, 0.4) is 0 Å². The van der Waals surface area contributed by atoms with Crippen molar-refractivity contribution < 1.29 is 14.3 Å². The second kappa shape index (κ2) is 4.82. The predicted molar refractivity (Wildman–Crippen MR) is 55.4 cm³/mol. The van der Waals surface area contributed by atoms with Crippen molar-refractivity contribution in [3.8, 4) is 0 Å². The molecule has 1 heterocycles. The second-order valence-corrected chi connectivity index (χ2v) is 3.61. The highest BCUT2D eigenvalue weighted by molar-refractivity contribution is 5.86. The molecule has 5 nitrogen and oxygen atoms in total. The molecule has 84 valence electrons. The average Bonchev–Trinajstić information content (AvgIpc) is 2.49. The van der Waals surface area contributed by atoms with Gasteiger partial charge in [-0.1, -0.05) is 6.58 Å². The summed E-state index contributed by atoms with van der Waals surface area (Å²) >= 11 is 0. The Labute approximate surface area is 89.3 Å². The zero-order valence-electron chi connectivity index (χ0n) is 9.15. The largest absolute Gasteiger partial charge is 0.460 e. The van der Waals surface area contributed by atoms with Crippen molar-refractivity contribution in [1.29, 1.82) is 0 Å². The first kappa shape index (κ1) is 11.6. The third-order valence-electron chi connectivity index (χ3n) is 2.25. The van der Waals surface area contributed by atoms with E-state index in [0.717, 1.165) is 6.54 Å². The van der Waals surface area contributed by atoms with Gasteiger partial charge >= 0.3 is 12.0 Å². The molecular formula is C10H16N2O3. The molecule has 1 fully saturated rings. The first-order chi connectivity index (χ1) is 7.02. The van der Waals surface area contributed by atoms with E-state index in [1.54, 1.807) is 23.8 Å². The molecule has 0 bridgehead atoms. The van der Waals surface area contributed by atoms with Crippen LogP contribution in [-0.2, 0) is 9.53 Å². The summed E-state index contributed by atoms with van der Waals surface area (Å²) < 4.78 is 4.90. The first-order valence-electron chi connectivity index (χ1n) is 4.85. The van der Waals surface area contributed by atoms with E-state index < -0.39 is 5.97 Å². The van der Waals surface area contributed by atoms with Gasteiger partial charge in [0.15, 0.2) is 0 Å². The summed E-state index contributed by atoms with van der Waals surface area (Å²) in [5, 5.41) is 0. The topological polar surface area (TPSA) is 49.9 Å². The number of likely N-dealkylation sites (N-methyl/N-ethyl adjacent to an activating group) is 1. The SMILES string of the molecule is C=C(C)C(=O)OCCN1CCN(C)C1=O. The van der Waals surface area contributed by atoms with Gasteiger partial charge in [0.1, 0.15) is 6.61 Å². The van der Waals surface area contributed by atoms with E-state index in [-0.39, 0.29) is 12.6 Å². The maximum Gasteiger partial charge on any atom is 0.333 e. The zero-order valence-corrected chi connectivity index (χ0v) is 9.15. The van der Waals surface area contributed by atoms with E-state index in [2.05, 4.69) is 6.58 Å². The maximum absolute atomic E-state index is 11.4. The molecule has 15 heavy (non-hydrogen) atoms. The van der Waals surface area contributed by atoms with Gasteiger partial charge in [-0.15, -0.1) is 0 Å². The second-order valence-electron chi connectivity index (χ2n) is 3.61. The fraction of sp³-hybridized carbons (Fsp3) is 0.600. The van der Waals surface area contributed by atoms with Crippen LogP contribution in [0.4, 0.5) is 4.79 Å². The molecular weight excluding hydrogens is 196 g/mol. The number of urea groups is 1. The maximum atomic E-state index is 11.4. The van der Waals surface area contributed by atoms with E-state index in [4.69, 9.17) is 4.74 Å². The van der Waals surface area contributed by atoms with Gasteiger partial charge in [0, 0.05) is 25.7 Å². The van der Waals surface area contributed by atoms with Crippen molar-refractivity contribution in [2.24, 2.45) is 0 Å². The molecule has 0 aliphatic carbocycles. The number of esters is 1. The third kappa shape index (κ3) is 2.97. The lowest BCUT2D eigenvalue weighted by Crippen LogP contribution is -2.32. The lowest BCUT2D eigenvalue weighted by Gasteiger charge is -2.15. The molecule has 0 aromatic heterocycles. The van der Waals surface area contributed by atoms with Crippen LogP contribution in [0, 0.1) is 0 Å². The van der Waals surface area contributed by atoms with Crippen LogP contribution in [0.1, 0.15) is 6.92 Å². The standard InChI is InChI=1S/C10H16N2O3/c1-8(2)9(13)15-7-6-12-5-4-11(3)10(12)14/h1,4-7H2,2-3H3. The number of amides is 2. The Hall–Kier alpha value is -1.52.